The van der Waals surface area contributed by atoms with Crippen LogP contribution in [0.25, 0.3) is 11.0 Å². The van der Waals surface area contributed by atoms with Crippen LogP contribution in [0.5, 0.6) is 0 Å². The molecule has 18 heavy (non-hydrogen) atoms. The highest BCUT2D eigenvalue weighted by atomic mass is 16.3. The summed E-state index contributed by atoms with van der Waals surface area (Å²) >= 11 is 0. The van der Waals surface area contributed by atoms with E-state index in [0.29, 0.717) is 13.1 Å². The summed E-state index contributed by atoms with van der Waals surface area (Å²) in [6, 6.07) is 5.96. The van der Waals surface area contributed by atoms with Gasteiger partial charge in [0.2, 0.25) is 0 Å². The van der Waals surface area contributed by atoms with Crippen LogP contribution in [0.4, 0.5) is 0 Å². The zero-order valence-electron chi connectivity index (χ0n) is 11.0. The van der Waals surface area contributed by atoms with Crippen LogP contribution in [0.3, 0.4) is 0 Å². The maximum absolute atomic E-state index is 11.8. The predicted octanol–water partition coefficient (Wildman–Crippen LogP) is 0.347. The predicted molar refractivity (Wildman–Crippen MR) is 71.5 cm³/mol. The second kappa shape index (κ2) is 4.96. The van der Waals surface area contributed by atoms with Crippen LogP contribution in [0.15, 0.2) is 23.0 Å². The lowest BCUT2D eigenvalue weighted by atomic mass is 10.2. The number of hydrogen-bond donors (Lipinski definition) is 2. The quantitative estimate of drug-likeness (QED) is 0.822. The Morgan fingerprint density at radius 1 is 1.28 bits per heavy atom. The summed E-state index contributed by atoms with van der Waals surface area (Å²) in [5, 5.41) is 12.3. The van der Waals surface area contributed by atoms with Gasteiger partial charge >= 0.3 is 5.69 Å². The van der Waals surface area contributed by atoms with Crippen LogP contribution < -0.4 is 11.0 Å². The van der Waals surface area contributed by atoms with Gasteiger partial charge in [0.05, 0.1) is 17.1 Å². The first-order valence-electron chi connectivity index (χ1n) is 6.04. The van der Waals surface area contributed by atoms with Crippen molar-refractivity contribution in [3.8, 4) is 0 Å². The molecule has 2 aromatic rings. The number of nitrogens with zero attached hydrogens (tertiary/aromatic N) is 2. The summed E-state index contributed by atoms with van der Waals surface area (Å²) in [6.45, 7) is 2.99. The number of aliphatic hydroxyl groups is 1. The van der Waals surface area contributed by atoms with E-state index in [1.165, 1.54) is 0 Å². The molecule has 0 radical (unpaired) electrons. The molecule has 0 saturated heterocycles. The highest BCUT2D eigenvalue weighted by molar-refractivity contribution is 5.76. The molecular weight excluding hydrogens is 230 g/mol. The zero-order chi connectivity index (χ0) is 13.3. The topological polar surface area (TPSA) is 59.2 Å². The van der Waals surface area contributed by atoms with E-state index in [4.69, 9.17) is 0 Å². The molecule has 0 bridgehead atoms. The molecule has 0 aliphatic heterocycles. The van der Waals surface area contributed by atoms with Crippen molar-refractivity contribution < 1.29 is 5.11 Å². The summed E-state index contributed by atoms with van der Waals surface area (Å²) in [5.74, 6) is 0. The first-order chi connectivity index (χ1) is 8.50. The van der Waals surface area contributed by atoms with Crippen LogP contribution in [0, 0.1) is 0 Å². The fraction of sp³-hybridized carbons (Fsp3) is 0.462. The minimum absolute atomic E-state index is 0.0147. The van der Waals surface area contributed by atoms with Crippen molar-refractivity contribution in [3.63, 3.8) is 0 Å². The van der Waals surface area contributed by atoms with E-state index in [1.807, 2.05) is 18.2 Å². The van der Waals surface area contributed by atoms with Gasteiger partial charge in [0, 0.05) is 27.2 Å². The normalized spacial score (nSPS) is 13.1. The van der Waals surface area contributed by atoms with Crippen LogP contribution in [-0.2, 0) is 20.6 Å². The van der Waals surface area contributed by atoms with Gasteiger partial charge < -0.3 is 10.4 Å². The fourth-order valence-corrected chi connectivity index (χ4v) is 2.09. The number of fused-ring (bicyclic) bond motifs is 1. The second-order valence-electron chi connectivity index (χ2n) is 4.70. The second-order valence-corrected chi connectivity index (χ2v) is 4.70. The van der Waals surface area contributed by atoms with Crippen molar-refractivity contribution in [2.75, 3.05) is 6.54 Å². The average molecular weight is 249 g/mol. The van der Waals surface area contributed by atoms with E-state index in [9.17, 15) is 9.90 Å². The molecule has 0 spiro atoms. The third-order valence-electron chi connectivity index (χ3n) is 3.11. The minimum atomic E-state index is -0.352. The van der Waals surface area contributed by atoms with Crippen LogP contribution in [-0.4, -0.2) is 26.9 Å². The largest absolute Gasteiger partial charge is 0.392 e. The van der Waals surface area contributed by atoms with Crippen LogP contribution >= 0.6 is 0 Å². The van der Waals surface area contributed by atoms with Crippen molar-refractivity contribution in [3.05, 3.63) is 34.2 Å². The SMILES string of the molecule is C[C@H](O)CNCc1ccc2c(c1)n(C)c(=O)n2C. The van der Waals surface area contributed by atoms with Gasteiger partial charge in [-0.05, 0) is 24.6 Å². The van der Waals surface area contributed by atoms with Gasteiger partial charge in [-0.25, -0.2) is 4.79 Å². The molecule has 1 aromatic carbocycles. The third kappa shape index (κ3) is 2.32. The molecule has 0 fully saturated rings. The number of benzene rings is 1. The Balaban J connectivity index is 2.27. The van der Waals surface area contributed by atoms with Crippen molar-refractivity contribution >= 4 is 11.0 Å². The number of aryl methyl sites for hydroxylation is 2. The van der Waals surface area contributed by atoms with Gasteiger partial charge in [-0.3, -0.25) is 9.13 Å². The van der Waals surface area contributed by atoms with Gasteiger partial charge in [0.15, 0.2) is 0 Å². The van der Waals surface area contributed by atoms with Gasteiger partial charge in [0.1, 0.15) is 0 Å². The smallest absolute Gasteiger partial charge is 0.328 e. The summed E-state index contributed by atoms with van der Waals surface area (Å²) in [6.07, 6.45) is -0.352. The van der Waals surface area contributed by atoms with Gasteiger partial charge in [-0.2, -0.15) is 0 Å². The number of aromatic nitrogens is 2. The van der Waals surface area contributed by atoms with Crippen LogP contribution in [0.1, 0.15) is 12.5 Å². The molecule has 1 aromatic heterocycles. The number of aliphatic hydroxyl groups excluding tert-OH is 1. The molecule has 1 heterocycles. The summed E-state index contributed by atoms with van der Waals surface area (Å²) in [5.41, 5.74) is 2.95. The molecule has 2 rings (SSSR count). The Labute approximate surface area is 106 Å². The summed E-state index contributed by atoms with van der Waals surface area (Å²) < 4.78 is 3.29. The molecule has 1 atom stereocenters. The number of nitrogens with one attached hydrogen (secondary N) is 1. The highest BCUT2D eigenvalue weighted by Gasteiger charge is 2.07. The molecule has 0 aliphatic rings. The number of imidazole rings is 1. The minimum Gasteiger partial charge on any atom is -0.392 e. The summed E-state index contributed by atoms with van der Waals surface area (Å²) in [7, 11) is 3.55. The van der Waals surface area contributed by atoms with Gasteiger partial charge in [0.25, 0.3) is 0 Å². The van der Waals surface area contributed by atoms with Crippen molar-refractivity contribution in [1.82, 2.24) is 14.5 Å². The van der Waals surface area contributed by atoms with E-state index < -0.39 is 0 Å². The van der Waals surface area contributed by atoms with E-state index in [2.05, 4.69) is 5.32 Å². The number of rotatable bonds is 4. The molecule has 0 unspecified atom stereocenters. The Hall–Kier alpha value is -1.59. The van der Waals surface area contributed by atoms with Crippen molar-refractivity contribution in [1.29, 1.82) is 0 Å². The van der Waals surface area contributed by atoms with E-state index in [1.54, 1.807) is 30.2 Å². The Bertz CT molecular complexity index is 610. The number of hydrogen-bond acceptors (Lipinski definition) is 3. The maximum atomic E-state index is 11.8. The zero-order valence-corrected chi connectivity index (χ0v) is 11.0. The van der Waals surface area contributed by atoms with E-state index >= 15 is 0 Å². The molecule has 5 heteroatoms. The molecule has 5 nitrogen and oxygen atoms in total. The Morgan fingerprint density at radius 3 is 2.61 bits per heavy atom. The van der Waals surface area contributed by atoms with Crippen molar-refractivity contribution in [2.24, 2.45) is 14.1 Å². The lowest BCUT2D eigenvalue weighted by molar-refractivity contribution is 0.191. The highest BCUT2D eigenvalue weighted by Crippen LogP contribution is 2.13. The van der Waals surface area contributed by atoms with Crippen LogP contribution in [0.2, 0.25) is 0 Å². The molecular formula is C13H19N3O2. The monoisotopic (exact) mass is 249 g/mol. The van der Waals surface area contributed by atoms with Gasteiger partial charge in [-0.15, -0.1) is 0 Å². The maximum Gasteiger partial charge on any atom is 0.328 e. The fourth-order valence-electron chi connectivity index (χ4n) is 2.09. The third-order valence-corrected chi connectivity index (χ3v) is 3.11. The van der Waals surface area contributed by atoms with Crippen molar-refractivity contribution in [2.45, 2.75) is 19.6 Å². The Morgan fingerprint density at radius 2 is 1.94 bits per heavy atom. The van der Waals surface area contributed by atoms with Gasteiger partial charge in [-0.1, -0.05) is 6.07 Å². The lowest BCUT2D eigenvalue weighted by Crippen LogP contribution is -2.23. The standard InChI is InChI=1S/C13H19N3O2/c1-9(17)7-14-8-10-4-5-11-12(6-10)16(3)13(18)15(11)2/h4-6,9,14,17H,7-8H2,1-3H3/t9-/m0/s1. The molecule has 0 amide bonds. The molecule has 2 N–H and O–H groups in total. The molecule has 98 valence electrons. The van der Waals surface area contributed by atoms with E-state index in [0.717, 1.165) is 16.6 Å². The first-order valence-corrected chi connectivity index (χ1v) is 6.04. The molecule has 0 aliphatic carbocycles. The first kappa shape index (κ1) is 12.9. The average Bonchev–Trinajstić information content (AvgIpc) is 2.54. The molecule has 0 saturated carbocycles. The summed E-state index contributed by atoms with van der Waals surface area (Å²) in [4.78, 5) is 11.8. The van der Waals surface area contributed by atoms with E-state index in [-0.39, 0.29) is 11.8 Å². The Kier molecular flexibility index (Phi) is 3.54. The lowest BCUT2D eigenvalue weighted by Gasteiger charge is -2.07.